The first-order valence-electron chi connectivity index (χ1n) is 9.91. The van der Waals surface area contributed by atoms with Gasteiger partial charge in [0.05, 0.1) is 15.7 Å². The molecule has 0 aliphatic heterocycles. The Kier molecular flexibility index (Phi) is 5.62. The molecule has 3 aromatic carbocycles. The number of nitrogens with zero attached hydrogens (tertiary/aromatic N) is 1. The summed E-state index contributed by atoms with van der Waals surface area (Å²) in [7, 11) is 0. The average molecular weight is 498 g/mol. The topological polar surface area (TPSA) is 68.3 Å². The fourth-order valence-corrected chi connectivity index (χ4v) is 4.06. The highest BCUT2D eigenvalue weighted by Crippen LogP contribution is 2.33. The number of hydrogen-bond donors (Lipinski definition) is 1. The van der Waals surface area contributed by atoms with E-state index < -0.39 is 5.91 Å². The van der Waals surface area contributed by atoms with Gasteiger partial charge in [0.15, 0.2) is 11.3 Å². The van der Waals surface area contributed by atoms with Gasteiger partial charge in [0.1, 0.15) is 11.3 Å². The fraction of sp³-hybridized carbons (Fsp3) is 0.0400. The number of amides is 1. The number of anilines is 1. The predicted molar refractivity (Wildman–Crippen MR) is 131 cm³/mol. The molecule has 1 amide bonds. The number of oxazole rings is 1. The van der Waals surface area contributed by atoms with E-state index in [0.717, 1.165) is 11.1 Å². The van der Waals surface area contributed by atoms with Gasteiger partial charge in [-0.15, -0.1) is 0 Å². The molecule has 2 heterocycles. The van der Waals surface area contributed by atoms with Crippen LogP contribution in [0.5, 0.6) is 0 Å². The Balaban J connectivity index is 1.41. The van der Waals surface area contributed by atoms with Gasteiger partial charge in [-0.05, 0) is 73.2 Å². The molecule has 5 nitrogen and oxygen atoms in total. The standard InChI is InChI=1S/C25H15Cl3N2O3/c1-13-2-7-22-20(10-13)30-25(33-22)14-3-6-17(27)19(11-14)29-24(31)23-9-8-21(32-23)16-5-4-15(26)12-18(16)28/h2-12H,1H3,(H,29,31). The van der Waals surface area contributed by atoms with E-state index >= 15 is 0 Å². The van der Waals surface area contributed by atoms with Crippen LogP contribution in [0.2, 0.25) is 15.1 Å². The van der Waals surface area contributed by atoms with Crippen molar-refractivity contribution in [1.82, 2.24) is 4.98 Å². The third-order valence-corrected chi connectivity index (χ3v) is 5.91. The number of hydrogen-bond acceptors (Lipinski definition) is 4. The van der Waals surface area contributed by atoms with Gasteiger partial charge in [0, 0.05) is 16.1 Å². The molecule has 0 fully saturated rings. The zero-order chi connectivity index (χ0) is 23.1. The average Bonchev–Trinajstić information content (AvgIpc) is 3.42. The molecule has 0 saturated heterocycles. The number of benzene rings is 3. The van der Waals surface area contributed by atoms with Crippen molar-refractivity contribution in [2.24, 2.45) is 0 Å². The molecule has 0 bridgehead atoms. The van der Waals surface area contributed by atoms with E-state index in [9.17, 15) is 4.79 Å². The molecular weight excluding hydrogens is 483 g/mol. The van der Waals surface area contributed by atoms with Crippen LogP contribution >= 0.6 is 34.8 Å². The summed E-state index contributed by atoms with van der Waals surface area (Å²) in [5.41, 5.74) is 4.24. The zero-order valence-corrected chi connectivity index (χ0v) is 19.4. The first kappa shape index (κ1) is 21.6. The Labute approximate surface area is 203 Å². The smallest absolute Gasteiger partial charge is 0.291 e. The lowest BCUT2D eigenvalue weighted by Crippen LogP contribution is -2.11. The zero-order valence-electron chi connectivity index (χ0n) is 17.2. The summed E-state index contributed by atoms with van der Waals surface area (Å²) in [6.45, 7) is 1.99. The summed E-state index contributed by atoms with van der Waals surface area (Å²) in [6.07, 6.45) is 0. The number of aryl methyl sites for hydroxylation is 1. The van der Waals surface area contributed by atoms with E-state index in [4.69, 9.17) is 43.6 Å². The van der Waals surface area contributed by atoms with Gasteiger partial charge < -0.3 is 14.2 Å². The molecule has 164 valence electrons. The van der Waals surface area contributed by atoms with Gasteiger partial charge in [-0.3, -0.25) is 4.79 Å². The largest absolute Gasteiger partial charge is 0.451 e. The second kappa shape index (κ2) is 8.60. The van der Waals surface area contributed by atoms with Crippen LogP contribution in [-0.2, 0) is 0 Å². The summed E-state index contributed by atoms with van der Waals surface area (Å²) in [6, 6.07) is 19.2. The predicted octanol–water partition coefficient (Wildman–Crippen LogP) is 8.28. The Hall–Kier alpha value is -3.25. The number of rotatable bonds is 4. The molecule has 2 aromatic heterocycles. The molecule has 33 heavy (non-hydrogen) atoms. The van der Waals surface area contributed by atoms with Crippen LogP contribution in [0.25, 0.3) is 33.9 Å². The maximum atomic E-state index is 12.8. The van der Waals surface area contributed by atoms with E-state index in [1.807, 2.05) is 25.1 Å². The van der Waals surface area contributed by atoms with Crippen molar-refractivity contribution in [2.45, 2.75) is 6.92 Å². The summed E-state index contributed by atoms with van der Waals surface area (Å²) in [4.78, 5) is 17.4. The highest BCUT2D eigenvalue weighted by Gasteiger charge is 2.17. The lowest BCUT2D eigenvalue weighted by atomic mass is 10.2. The maximum absolute atomic E-state index is 12.8. The minimum absolute atomic E-state index is 0.106. The molecular formula is C25H15Cl3N2O3. The van der Waals surface area contributed by atoms with E-state index in [-0.39, 0.29) is 5.76 Å². The van der Waals surface area contributed by atoms with Crippen LogP contribution in [0, 0.1) is 6.92 Å². The van der Waals surface area contributed by atoms with E-state index in [0.29, 0.717) is 49.1 Å². The number of carbonyl (C=O) groups is 1. The number of aromatic nitrogens is 1. The SMILES string of the molecule is Cc1ccc2oc(-c3ccc(Cl)c(NC(=O)c4ccc(-c5ccc(Cl)cc5Cl)o4)c3)nc2c1. The lowest BCUT2D eigenvalue weighted by Gasteiger charge is -2.07. The molecule has 5 aromatic rings. The maximum Gasteiger partial charge on any atom is 0.291 e. The molecule has 0 radical (unpaired) electrons. The van der Waals surface area contributed by atoms with Crippen molar-refractivity contribution < 1.29 is 13.6 Å². The van der Waals surface area contributed by atoms with Gasteiger partial charge in [0.2, 0.25) is 5.89 Å². The van der Waals surface area contributed by atoms with Crippen LogP contribution in [0.4, 0.5) is 5.69 Å². The van der Waals surface area contributed by atoms with E-state index in [1.165, 1.54) is 0 Å². The van der Waals surface area contributed by atoms with E-state index in [2.05, 4.69) is 10.3 Å². The number of nitrogens with one attached hydrogen (secondary N) is 1. The lowest BCUT2D eigenvalue weighted by molar-refractivity contribution is 0.0997. The van der Waals surface area contributed by atoms with Crippen LogP contribution in [0.15, 0.2) is 75.6 Å². The Morgan fingerprint density at radius 1 is 0.879 bits per heavy atom. The number of carbonyl (C=O) groups excluding carboxylic acids is 1. The third-order valence-electron chi connectivity index (χ3n) is 5.03. The quantitative estimate of drug-likeness (QED) is 0.271. The number of furan rings is 1. The summed E-state index contributed by atoms with van der Waals surface area (Å²) >= 11 is 18.5. The van der Waals surface area contributed by atoms with Crippen LogP contribution < -0.4 is 5.32 Å². The van der Waals surface area contributed by atoms with E-state index in [1.54, 1.807) is 48.5 Å². The molecule has 0 spiro atoms. The molecule has 0 atom stereocenters. The second-order valence-corrected chi connectivity index (χ2v) is 8.68. The number of halogens is 3. The van der Waals surface area contributed by atoms with Crippen molar-refractivity contribution in [2.75, 3.05) is 5.32 Å². The van der Waals surface area contributed by atoms with Gasteiger partial charge in [-0.25, -0.2) is 4.98 Å². The Morgan fingerprint density at radius 3 is 2.55 bits per heavy atom. The van der Waals surface area contributed by atoms with Gasteiger partial charge in [-0.1, -0.05) is 40.9 Å². The van der Waals surface area contributed by atoms with Crippen LogP contribution in [0.1, 0.15) is 16.1 Å². The molecule has 8 heteroatoms. The van der Waals surface area contributed by atoms with Gasteiger partial charge in [0.25, 0.3) is 5.91 Å². The summed E-state index contributed by atoms with van der Waals surface area (Å²) in [5, 5.41) is 4.08. The monoisotopic (exact) mass is 496 g/mol. The van der Waals surface area contributed by atoms with Crippen molar-refractivity contribution in [1.29, 1.82) is 0 Å². The van der Waals surface area contributed by atoms with Crippen LogP contribution in [-0.4, -0.2) is 10.9 Å². The summed E-state index contributed by atoms with van der Waals surface area (Å²) in [5.74, 6) is 0.525. The van der Waals surface area contributed by atoms with Crippen molar-refractivity contribution >= 4 is 57.5 Å². The first-order chi connectivity index (χ1) is 15.9. The molecule has 1 N–H and O–H groups in total. The minimum atomic E-state index is -0.460. The van der Waals surface area contributed by atoms with Crippen molar-refractivity contribution in [3.8, 4) is 22.8 Å². The second-order valence-electron chi connectivity index (χ2n) is 7.43. The van der Waals surface area contributed by atoms with Crippen molar-refractivity contribution in [3.05, 3.63) is 93.1 Å². The minimum Gasteiger partial charge on any atom is -0.451 e. The highest BCUT2D eigenvalue weighted by molar-refractivity contribution is 6.36. The molecule has 5 rings (SSSR count). The first-order valence-corrected chi connectivity index (χ1v) is 11.0. The normalized spacial score (nSPS) is 11.2. The fourth-order valence-electron chi connectivity index (χ4n) is 3.39. The number of fused-ring (bicyclic) bond motifs is 1. The molecule has 0 aliphatic carbocycles. The van der Waals surface area contributed by atoms with Crippen LogP contribution in [0.3, 0.4) is 0 Å². The molecule has 0 aliphatic rings. The summed E-state index contributed by atoms with van der Waals surface area (Å²) < 4.78 is 11.6. The Morgan fingerprint density at radius 2 is 1.73 bits per heavy atom. The Bertz CT molecular complexity index is 1520. The van der Waals surface area contributed by atoms with Gasteiger partial charge in [-0.2, -0.15) is 0 Å². The third kappa shape index (κ3) is 4.35. The molecule has 0 saturated carbocycles. The van der Waals surface area contributed by atoms with Gasteiger partial charge >= 0.3 is 0 Å². The molecule has 0 unspecified atom stereocenters. The highest BCUT2D eigenvalue weighted by atomic mass is 35.5. The van der Waals surface area contributed by atoms with Crippen molar-refractivity contribution in [3.63, 3.8) is 0 Å².